The maximum absolute atomic E-state index is 6.05. The Bertz CT molecular complexity index is 747. The van der Waals surface area contributed by atoms with E-state index in [4.69, 9.17) is 11.6 Å². The summed E-state index contributed by atoms with van der Waals surface area (Å²) in [7, 11) is 0. The third-order valence-electron chi connectivity index (χ3n) is 3.29. The van der Waals surface area contributed by atoms with Crippen LogP contribution in [-0.2, 0) is 18.8 Å². The molecule has 0 radical (unpaired) electrons. The topological polar surface area (TPSA) is 17.8 Å². The zero-order valence-electron chi connectivity index (χ0n) is 11.1. The van der Waals surface area contributed by atoms with E-state index in [0.717, 1.165) is 34.3 Å². The van der Waals surface area contributed by atoms with Gasteiger partial charge in [0.2, 0.25) is 0 Å². The van der Waals surface area contributed by atoms with Crippen LogP contribution in [0.25, 0.3) is 11.0 Å². The summed E-state index contributed by atoms with van der Waals surface area (Å²) in [6.07, 6.45) is 1.09. The number of hydrogen-bond acceptors (Lipinski definition) is 2. The Balaban J connectivity index is 2.04. The van der Waals surface area contributed by atoms with Gasteiger partial charge in [0, 0.05) is 14.2 Å². The second-order valence-electron chi connectivity index (χ2n) is 4.60. The molecule has 0 saturated carbocycles. The van der Waals surface area contributed by atoms with Crippen molar-refractivity contribution in [1.29, 1.82) is 0 Å². The number of hydrogen-bond donors (Lipinski definition) is 0. The molecule has 0 saturated heterocycles. The predicted octanol–water partition coefficient (Wildman–Crippen LogP) is 5.21. The quantitative estimate of drug-likeness (QED) is 0.577. The molecule has 0 atom stereocenters. The molecule has 20 heavy (non-hydrogen) atoms. The fraction of sp³-hybridized carbons (Fsp3) is 0.267. The van der Waals surface area contributed by atoms with Crippen LogP contribution >= 0.6 is 38.9 Å². The predicted molar refractivity (Wildman–Crippen MR) is 89.8 cm³/mol. The van der Waals surface area contributed by atoms with Crippen molar-refractivity contribution in [2.75, 3.05) is 0 Å². The maximum Gasteiger partial charge on any atom is 0.125 e. The van der Waals surface area contributed by atoms with Crippen LogP contribution in [0.4, 0.5) is 0 Å². The van der Waals surface area contributed by atoms with Gasteiger partial charge < -0.3 is 4.57 Å². The first-order valence-electron chi connectivity index (χ1n) is 6.49. The first kappa shape index (κ1) is 14.1. The van der Waals surface area contributed by atoms with Gasteiger partial charge in [0.05, 0.1) is 23.5 Å². The fourth-order valence-electron chi connectivity index (χ4n) is 2.28. The summed E-state index contributed by atoms with van der Waals surface area (Å²) in [5.41, 5.74) is 2.12. The van der Waals surface area contributed by atoms with Crippen LogP contribution in [0.5, 0.6) is 0 Å². The second kappa shape index (κ2) is 5.88. The number of aromatic nitrogens is 2. The standard InChI is InChI=1S/C15H14BrClN2S/c1-2-11-4-5-12(20-11)9-19-14-6-3-10(16)7-13(14)18-15(19)8-17/h3-7H,2,8-9H2,1H3. The molecule has 5 heteroatoms. The molecule has 2 nitrogen and oxygen atoms in total. The van der Waals surface area contributed by atoms with Crippen molar-refractivity contribution in [3.05, 3.63) is 50.4 Å². The normalized spacial score (nSPS) is 11.3. The Morgan fingerprint density at radius 3 is 2.75 bits per heavy atom. The highest BCUT2D eigenvalue weighted by molar-refractivity contribution is 9.10. The van der Waals surface area contributed by atoms with E-state index in [2.05, 4.69) is 50.6 Å². The number of nitrogens with zero attached hydrogens (tertiary/aromatic N) is 2. The highest BCUT2D eigenvalue weighted by atomic mass is 79.9. The monoisotopic (exact) mass is 368 g/mol. The SMILES string of the molecule is CCc1ccc(Cn2c(CCl)nc3cc(Br)ccc32)s1. The Morgan fingerprint density at radius 1 is 1.25 bits per heavy atom. The largest absolute Gasteiger partial charge is 0.322 e. The van der Waals surface area contributed by atoms with Crippen molar-refractivity contribution >= 4 is 49.9 Å². The summed E-state index contributed by atoms with van der Waals surface area (Å²) in [6, 6.07) is 10.6. The fourth-order valence-corrected chi connectivity index (χ4v) is 3.78. The van der Waals surface area contributed by atoms with Crippen molar-refractivity contribution in [2.24, 2.45) is 0 Å². The highest BCUT2D eigenvalue weighted by Gasteiger charge is 2.11. The van der Waals surface area contributed by atoms with Gasteiger partial charge in [-0.15, -0.1) is 22.9 Å². The summed E-state index contributed by atoms with van der Waals surface area (Å²) >= 11 is 11.4. The van der Waals surface area contributed by atoms with E-state index >= 15 is 0 Å². The van der Waals surface area contributed by atoms with E-state index in [1.165, 1.54) is 9.75 Å². The number of imidazole rings is 1. The molecule has 0 aliphatic rings. The minimum atomic E-state index is 0.429. The van der Waals surface area contributed by atoms with E-state index in [0.29, 0.717) is 5.88 Å². The van der Waals surface area contributed by atoms with Crippen LogP contribution in [0.3, 0.4) is 0 Å². The van der Waals surface area contributed by atoms with Crippen LogP contribution in [-0.4, -0.2) is 9.55 Å². The molecule has 0 aliphatic carbocycles. The molecule has 3 aromatic rings. The molecular weight excluding hydrogens is 356 g/mol. The van der Waals surface area contributed by atoms with Crippen LogP contribution in [0.1, 0.15) is 22.5 Å². The van der Waals surface area contributed by atoms with Crippen LogP contribution in [0.15, 0.2) is 34.8 Å². The third-order valence-corrected chi connectivity index (χ3v) is 5.24. The van der Waals surface area contributed by atoms with Gasteiger partial charge in [-0.05, 0) is 36.8 Å². The zero-order chi connectivity index (χ0) is 14.1. The van der Waals surface area contributed by atoms with Gasteiger partial charge in [-0.25, -0.2) is 4.98 Å². The van der Waals surface area contributed by atoms with Crippen molar-refractivity contribution in [3.63, 3.8) is 0 Å². The summed E-state index contributed by atoms with van der Waals surface area (Å²) < 4.78 is 3.25. The van der Waals surface area contributed by atoms with Crippen molar-refractivity contribution in [2.45, 2.75) is 25.8 Å². The average molecular weight is 370 g/mol. The minimum absolute atomic E-state index is 0.429. The smallest absolute Gasteiger partial charge is 0.125 e. The molecule has 0 bridgehead atoms. The molecule has 104 valence electrons. The molecule has 2 heterocycles. The van der Waals surface area contributed by atoms with Gasteiger partial charge >= 0.3 is 0 Å². The van der Waals surface area contributed by atoms with Gasteiger partial charge in [-0.3, -0.25) is 0 Å². The lowest BCUT2D eigenvalue weighted by Gasteiger charge is -2.06. The van der Waals surface area contributed by atoms with E-state index in [1.54, 1.807) is 0 Å². The van der Waals surface area contributed by atoms with Crippen LogP contribution < -0.4 is 0 Å². The van der Waals surface area contributed by atoms with E-state index in [-0.39, 0.29) is 0 Å². The average Bonchev–Trinajstić information content (AvgIpc) is 3.03. The summed E-state index contributed by atoms with van der Waals surface area (Å²) in [5.74, 6) is 1.35. The Hall–Kier alpha value is -0.840. The molecule has 0 unspecified atom stereocenters. The minimum Gasteiger partial charge on any atom is -0.322 e. The molecule has 0 aliphatic heterocycles. The summed E-state index contributed by atoms with van der Waals surface area (Å²) in [4.78, 5) is 7.38. The van der Waals surface area contributed by atoms with E-state index in [9.17, 15) is 0 Å². The number of thiophene rings is 1. The van der Waals surface area contributed by atoms with Crippen molar-refractivity contribution in [1.82, 2.24) is 9.55 Å². The van der Waals surface area contributed by atoms with E-state index in [1.807, 2.05) is 23.5 Å². The van der Waals surface area contributed by atoms with Gasteiger partial charge in [-0.1, -0.05) is 22.9 Å². The highest BCUT2D eigenvalue weighted by Crippen LogP contribution is 2.25. The van der Waals surface area contributed by atoms with Gasteiger partial charge in [0.1, 0.15) is 5.82 Å². The molecular formula is C15H14BrClN2S. The number of benzene rings is 1. The number of alkyl halides is 1. The summed E-state index contributed by atoms with van der Waals surface area (Å²) in [5, 5.41) is 0. The molecule has 0 amide bonds. The Morgan fingerprint density at radius 2 is 2.05 bits per heavy atom. The van der Waals surface area contributed by atoms with Crippen molar-refractivity contribution < 1.29 is 0 Å². The lowest BCUT2D eigenvalue weighted by Crippen LogP contribution is -2.02. The van der Waals surface area contributed by atoms with E-state index < -0.39 is 0 Å². The molecule has 0 spiro atoms. The van der Waals surface area contributed by atoms with Crippen LogP contribution in [0, 0.1) is 0 Å². The number of fused-ring (bicyclic) bond motifs is 1. The third kappa shape index (κ3) is 2.65. The lowest BCUT2D eigenvalue weighted by molar-refractivity contribution is 0.789. The molecule has 1 aromatic carbocycles. The lowest BCUT2D eigenvalue weighted by atomic mass is 10.3. The Labute approximate surface area is 135 Å². The molecule has 0 N–H and O–H groups in total. The number of aryl methyl sites for hydroxylation is 1. The van der Waals surface area contributed by atoms with Gasteiger partial charge in [-0.2, -0.15) is 0 Å². The summed E-state index contributed by atoms with van der Waals surface area (Å²) in [6.45, 7) is 3.02. The Kier molecular flexibility index (Phi) is 4.15. The number of rotatable bonds is 4. The van der Waals surface area contributed by atoms with Gasteiger partial charge in [0.15, 0.2) is 0 Å². The maximum atomic E-state index is 6.05. The molecule has 2 aromatic heterocycles. The first-order chi connectivity index (χ1) is 9.71. The van der Waals surface area contributed by atoms with Crippen LogP contribution in [0.2, 0.25) is 0 Å². The van der Waals surface area contributed by atoms with Crippen molar-refractivity contribution in [3.8, 4) is 0 Å². The van der Waals surface area contributed by atoms with Gasteiger partial charge in [0.25, 0.3) is 0 Å². The molecule has 3 rings (SSSR count). The second-order valence-corrected chi connectivity index (χ2v) is 7.04. The number of halogens is 2. The first-order valence-corrected chi connectivity index (χ1v) is 8.64. The zero-order valence-corrected chi connectivity index (χ0v) is 14.2. The molecule has 0 fully saturated rings.